The summed E-state index contributed by atoms with van der Waals surface area (Å²) in [5.41, 5.74) is 1.52. The van der Waals surface area contributed by atoms with Crippen LogP contribution in [0, 0.1) is 6.92 Å². The first-order valence-electron chi connectivity index (χ1n) is 9.23. The third-order valence-electron chi connectivity index (χ3n) is 4.95. The zero-order chi connectivity index (χ0) is 20.6. The first kappa shape index (κ1) is 19.4. The zero-order valence-corrected chi connectivity index (χ0v) is 16.7. The third kappa shape index (κ3) is 3.56. The predicted molar refractivity (Wildman–Crippen MR) is 108 cm³/mol. The topological polar surface area (TPSA) is 92.8 Å². The number of ketones is 2. The van der Waals surface area contributed by atoms with Gasteiger partial charge in [0.25, 0.3) is 10.0 Å². The molecule has 1 aliphatic heterocycles. The molecule has 0 atom stereocenters. The van der Waals surface area contributed by atoms with E-state index < -0.39 is 26.5 Å². The van der Waals surface area contributed by atoms with Crippen molar-refractivity contribution in [1.82, 2.24) is 4.90 Å². The normalized spacial score (nSPS) is 17.3. The Balaban J connectivity index is 1.85. The van der Waals surface area contributed by atoms with Crippen molar-refractivity contribution in [3.8, 4) is 0 Å². The van der Waals surface area contributed by atoms with Gasteiger partial charge in [-0.2, -0.15) is 0 Å². The molecule has 1 saturated heterocycles. The summed E-state index contributed by atoms with van der Waals surface area (Å²) in [5.74, 6) is -1.15. The van der Waals surface area contributed by atoms with Gasteiger partial charge in [-0.25, -0.2) is 8.42 Å². The van der Waals surface area contributed by atoms with E-state index in [-0.39, 0.29) is 16.8 Å². The average Bonchev–Trinajstić information content (AvgIpc) is 2.72. The molecule has 4 rings (SSSR count). The van der Waals surface area contributed by atoms with Gasteiger partial charge in [0.2, 0.25) is 11.6 Å². The largest absolute Gasteiger partial charge is 0.378 e. The number of Topliss-reactive ketones (excluding diaryl/α,β-unsaturated/α-hetero) is 2. The molecule has 0 unspecified atom stereocenters. The lowest BCUT2D eigenvalue weighted by atomic mass is 9.91. The average molecular weight is 412 g/mol. The van der Waals surface area contributed by atoms with E-state index >= 15 is 0 Å². The second kappa shape index (κ2) is 7.46. The van der Waals surface area contributed by atoms with Crippen molar-refractivity contribution >= 4 is 27.3 Å². The van der Waals surface area contributed by atoms with Crippen LogP contribution in [0.25, 0.3) is 0 Å². The molecule has 0 bridgehead atoms. The number of sulfonamides is 1. The summed E-state index contributed by atoms with van der Waals surface area (Å²) in [6, 6.07) is 13.1. The van der Waals surface area contributed by atoms with Crippen molar-refractivity contribution in [2.24, 2.45) is 0 Å². The molecule has 0 spiro atoms. The molecule has 29 heavy (non-hydrogen) atoms. The number of carbonyl (C=O) groups excluding carboxylic acids is 2. The number of nitrogens with one attached hydrogen (secondary N) is 1. The van der Waals surface area contributed by atoms with E-state index in [0.29, 0.717) is 32.0 Å². The molecular weight excluding hydrogens is 392 g/mol. The Morgan fingerprint density at radius 3 is 2.10 bits per heavy atom. The number of hydrogen-bond acceptors (Lipinski definition) is 6. The molecule has 2 aromatic rings. The molecule has 1 heterocycles. The van der Waals surface area contributed by atoms with Crippen LogP contribution < -0.4 is 4.72 Å². The van der Waals surface area contributed by atoms with Crippen LogP contribution in [0.15, 0.2) is 59.1 Å². The highest BCUT2D eigenvalue weighted by molar-refractivity contribution is 7.97. The van der Waals surface area contributed by atoms with E-state index in [1.807, 2.05) is 6.92 Å². The standard InChI is InChI=1S/C21H20N2O5S/c1-14-6-8-15(9-7-14)22-29(26,27)21-18(23-10-12-28-13-11-23)19(24)16-4-2-3-5-17(16)20(21)25/h2-9,22H,10-13H2,1H3. The van der Waals surface area contributed by atoms with Crippen LogP contribution in [-0.4, -0.2) is 51.2 Å². The molecule has 7 nitrogen and oxygen atoms in total. The van der Waals surface area contributed by atoms with Gasteiger partial charge in [-0.15, -0.1) is 0 Å². The molecule has 2 aromatic carbocycles. The second-order valence-corrected chi connectivity index (χ2v) is 8.57. The number of rotatable bonds is 4. The van der Waals surface area contributed by atoms with E-state index in [1.54, 1.807) is 47.4 Å². The molecule has 1 N–H and O–H groups in total. The van der Waals surface area contributed by atoms with Crippen LogP contribution in [-0.2, 0) is 14.8 Å². The summed E-state index contributed by atoms with van der Waals surface area (Å²) in [5, 5.41) is 0. The molecule has 150 valence electrons. The third-order valence-corrected chi connectivity index (χ3v) is 6.37. The molecule has 1 fully saturated rings. The van der Waals surface area contributed by atoms with Crippen molar-refractivity contribution in [2.45, 2.75) is 6.92 Å². The van der Waals surface area contributed by atoms with Gasteiger partial charge < -0.3 is 9.64 Å². The molecule has 1 aliphatic carbocycles. The summed E-state index contributed by atoms with van der Waals surface area (Å²) < 4.78 is 34.3. The maximum absolute atomic E-state index is 13.3. The molecule has 8 heteroatoms. The Labute approximate surface area is 169 Å². The monoisotopic (exact) mass is 412 g/mol. The Kier molecular flexibility index (Phi) is 4.97. The number of carbonyl (C=O) groups is 2. The van der Waals surface area contributed by atoms with Crippen molar-refractivity contribution in [1.29, 1.82) is 0 Å². The molecular formula is C21H20N2O5S. The highest BCUT2D eigenvalue weighted by Crippen LogP contribution is 2.32. The van der Waals surface area contributed by atoms with Crippen LogP contribution >= 0.6 is 0 Å². The van der Waals surface area contributed by atoms with Gasteiger partial charge in [-0.3, -0.25) is 14.3 Å². The van der Waals surface area contributed by atoms with E-state index in [1.165, 1.54) is 6.07 Å². The van der Waals surface area contributed by atoms with E-state index in [2.05, 4.69) is 4.72 Å². The lowest BCUT2D eigenvalue weighted by molar-refractivity contribution is 0.0499. The summed E-state index contributed by atoms with van der Waals surface area (Å²) in [7, 11) is -4.30. The summed E-state index contributed by atoms with van der Waals surface area (Å²) in [6.07, 6.45) is 0. The van der Waals surface area contributed by atoms with Gasteiger partial charge in [0.1, 0.15) is 5.70 Å². The molecule has 2 aliphatic rings. The minimum atomic E-state index is -4.30. The van der Waals surface area contributed by atoms with Crippen LogP contribution in [0.2, 0.25) is 0 Å². The number of ether oxygens (including phenoxy) is 1. The number of aryl methyl sites for hydroxylation is 1. The van der Waals surface area contributed by atoms with Crippen molar-refractivity contribution < 1.29 is 22.7 Å². The maximum Gasteiger partial charge on any atom is 0.268 e. The number of morpholine rings is 1. The molecule has 0 saturated carbocycles. The summed E-state index contributed by atoms with van der Waals surface area (Å²) in [4.78, 5) is 27.6. The van der Waals surface area contributed by atoms with Gasteiger partial charge in [-0.05, 0) is 19.1 Å². The molecule has 0 amide bonds. The second-order valence-electron chi connectivity index (χ2n) is 6.95. The van der Waals surface area contributed by atoms with Crippen LogP contribution in [0.4, 0.5) is 5.69 Å². The van der Waals surface area contributed by atoms with Gasteiger partial charge >= 0.3 is 0 Å². The Morgan fingerprint density at radius 1 is 0.897 bits per heavy atom. The zero-order valence-electron chi connectivity index (χ0n) is 15.8. The van der Waals surface area contributed by atoms with Gasteiger partial charge in [0, 0.05) is 29.9 Å². The lowest BCUT2D eigenvalue weighted by Gasteiger charge is -2.33. The number of fused-ring (bicyclic) bond motifs is 1. The Hall–Kier alpha value is -2.97. The SMILES string of the molecule is Cc1ccc(NS(=O)(=O)C2=C(N3CCOCC3)C(=O)c3ccccc3C2=O)cc1. The maximum atomic E-state index is 13.3. The van der Waals surface area contributed by atoms with Gasteiger partial charge in [0.05, 0.1) is 13.2 Å². The fourth-order valence-electron chi connectivity index (χ4n) is 3.49. The highest BCUT2D eigenvalue weighted by atomic mass is 32.2. The van der Waals surface area contributed by atoms with Crippen molar-refractivity contribution in [3.05, 3.63) is 75.8 Å². The minimum Gasteiger partial charge on any atom is -0.378 e. The Bertz CT molecular complexity index is 1110. The number of nitrogens with zero attached hydrogens (tertiary/aromatic N) is 1. The van der Waals surface area contributed by atoms with Crippen LogP contribution in [0.5, 0.6) is 0 Å². The van der Waals surface area contributed by atoms with E-state index in [9.17, 15) is 18.0 Å². The number of hydrogen-bond donors (Lipinski definition) is 1. The van der Waals surface area contributed by atoms with Crippen LogP contribution in [0.3, 0.4) is 0 Å². The quantitative estimate of drug-likeness (QED) is 0.829. The number of anilines is 1. The first-order valence-corrected chi connectivity index (χ1v) is 10.7. The fourth-order valence-corrected chi connectivity index (χ4v) is 4.87. The van der Waals surface area contributed by atoms with Crippen molar-refractivity contribution in [2.75, 3.05) is 31.0 Å². The van der Waals surface area contributed by atoms with Gasteiger partial charge in [-0.1, -0.05) is 42.0 Å². The minimum absolute atomic E-state index is 0.0865. The Morgan fingerprint density at radius 2 is 1.48 bits per heavy atom. The highest BCUT2D eigenvalue weighted by Gasteiger charge is 2.41. The number of benzene rings is 2. The summed E-state index contributed by atoms with van der Waals surface area (Å²) in [6.45, 7) is 3.26. The lowest BCUT2D eigenvalue weighted by Crippen LogP contribution is -2.43. The smallest absolute Gasteiger partial charge is 0.268 e. The van der Waals surface area contributed by atoms with E-state index in [4.69, 9.17) is 4.74 Å². The first-order chi connectivity index (χ1) is 13.9. The van der Waals surface area contributed by atoms with Gasteiger partial charge in [0.15, 0.2) is 4.91 Å². The van der Waals surface area contributed by atoms with Crippen LogP contribution in [0.1, 0.15) is 26.3 Å². The number of allylic oxidation sites excluding steroid dienone is 2. The molecule has 0 aromatic heterocycles. The van der Waals surface area contributed by atoms with E-state index in [0.717, 1.165) is 5.56 Å². The fraction of sp³-hybridized carbons (Fsp3) is 0.238. The van der Waals surface area contributed by atoms with Crippen molar-refractivity contribution in [3.63, 3.8) is 0 Å². The molecule has 0 radical (unpaired) electrons. The predicted octanol–water partition coefficient (Wildman–Crippen LogP) is 2.36. The summed E-state index contributed by atoms with van der Waals surface area (Å²) >= 11 is 0.